The molecule has 2 amide bonds. The number of hydrogen-bond donors (Lipinski definition) is 2. The highest BCUT2D eigenvalue weighted by Crippen LogP contribution is 2.28. The van der Waals surface area contributed by atoms with Crippen LogP contribution in [0.25, 0.3) is 11.5 Å². The van der Waals surface area contributed by atoms with Gasteiger partial charge in [-0.1, -0.05) is 13.8 Å². The summed E-state index contributed by atoms with van der Waals surface area (Å²) in [5, 5.41) is 4.98. The molecule has 0 aliphatic heterocycles. The molecule has 2 aromatic heterocycles. The molecular formula is C17H18F3N3O6S. The van der Waals surface area contributed by atoms with E-state index in [1.54, 1.807) is 13.8 Å². The molecule has 2 rings (SSSR count). The van der Waals surface area contributed by atoms with Gasteiger partial charge in [0.1, 0.15) is 11.7 Å². The number of alkyl halides is 3. The maximum atomic E-state index is 12.3. The topological polar surface area (TPSA) is 128 Å². The summed E-state index contributed by atoms with van der Waals surface area (Å²) in [7, 11) is -4.37. The largest absolute Gasteiger partial charge is 0.534 e. The number of hydrogen-bond acceptors (Lipinski definition) is 7. The lowest BCUT2D eigenvalue weighted by Gasteiger charge is -2.19. The Morgan fingerprint density at radius 3 is 2.33 bits per heavy atom. The van der Waals surface area contributed by atoms with Gasteiger partial charge in [-0.05, 0) is 30.2 Å². The molecule has 13 heteroatoms. The van der Waals surface area contributed by atoms with Crippen LogP contribution in [0.15, 0.2) is 34.9 Å². The molecule has 0 unspecified atom stereocenters. The number of likely N-dealkylation sites (N-methyl/N-ethyl adjacent to an activating group) is 1. The van der Waals surface area contributed by atoms with Crippen LogP contribution in [0.2, 0.25) is 0 Å². The van der Waals surface area contributed by atoms with Crippen molar-refractivity contribution in [3.8, 4) is 17.2 Å². The molecule has 2 N–H and O–H groups in total. The molecule has 164 valence electrons. The van der Waals surface area contributed by atoms with Crippen molar-refractivity contribution in [2.45, 2.75) is 25.4 Å². The minimum absolute atomic E-state index is 0.0893. The monoisotopic (exact) mass is 449 g/mol. The van der Waals surface area contributed by atoms with Gasteiger partial charge in [0.2, 0.25) is 5.91 Å². The molecule has 1 atom stereocenters. The van der Waals surface area contributed by atoms with E-state index in [1.165, 1.54) is 19.2 Å². The van der Waals surface area contributed by atoms with E-state index in [9.17, 15) is 31.2 Å². The minimum Gasteiger partial charge on any atom is -0.449 e. The minimum atomic E-state index is -5.81. The van der Waals surface area contributed by atoms with E-state index >= 15 is 0 Å². The average Bonchev–Trinajstić information content (AvgIpc) is 3.14. The predicted molar refractivity (Wildman–Crippen MR) is 97.7 cm³/mol. The fourth-order valence-electron chi connectivity index (χ4n) is 2.25. The first-order valence-corrected chi connectivity index (χ1v) is 9.86. The van der Waals surface area contributed by atoms with Crippen molar-refractivity contribution < 1.29 is 39.8 Å². The number of pyridine rings is 1. The van der Waals surface area contributed by atoms with Gasteiger partial charge in [0.15, 0.2) is 17.3 Å². The summed E-state index contributed by atoms with van der Waals surface area (Å²) in [6.07, 6.45) is 0.765. The number of carbonyl (C=O) groups excluding carboxylic acids is 2. The summed E-state index contributed by atoms with van der Waals surface area (Å²) in [5.74, 6) is -1.90. The molecule has 0 fully saturated rings. The standard InChI is InChI=1S/C17H18F3N3O6S/c1-9(2)14(16(25)21-3)23-15(24)13-7-6-12(28-13)11-5-4-10(8-22-11)29-30(26,27)17(18,19)20/h4-9,14H,1-3H3,(H,21,25)(H,23,24)/t14-/m0/s1. The third kappa shape index (κ3) is 5.28. The van der Waals surface area contributed by atoms with Gasteiger partial charge < -0.3 is 19.2 Å². The van der Waals surface area contributed by atoms with Gasteiger partial charge in [-0.15, -0.1) is 0 Å². The van der Waals surface area contributed by atoms with Crippen LogP contribution in [-0.2, 0) is 14.9 Å². The van der Waals surface area contributed by atoms with E-state index in [1.807, 2.05) is 0 Å². The normalized spacial score (nSPS) is 13.0. The maximum Gasteiger partial charge on any atom is 0.534 e. The zero-order valence-corrected chi connectivity index (χ0v) is 16.8. The molecular weight excluding hydrogens is 431 g/mol. The van der Waals surface area contributed by atoms with Crippen LogP contribution >= 0.6 is 0 Å². The Morgan fingerprint density at radius 2 is 1.83 bits per heavy atom. The molecule has 0 saturated carbocycles. The van der Waals surface area contributed by atoms with Crippen LogP contribution in [0.3, 0.4) is 0 Å². The van der Waals surface area contributed by atoms with E-state index in [0.29, 0.717) is 0 Å². The molecule has 0 saturated heterocycles. The fraction of sp³-hybridized carbons (Fsp3) is 0.353. The number of amides is 2. The van der Waals surface area contributed by atoms with Crippen molar-refractivity contribution in [1.29, 1.82) is 0 Å². The Kier molecular flexibility index (Phi) is 6.75. The molecule has 2 heterocycles. The first kappa shape index (κ1) is 23.2. The quantitative estimate of drug-likeness (QED) is 0.489. The Labute approximate surface area is 169 Å². The Hall–Kier alpha value is -3.09. The lowest BCUT2D eigenvalue weighted by molar-refractivity contribution is -0.123. The second-order valence-corrected chi connectivity index (χ2v) is 7.87. The van der Waals surface area contributed by atoms with Gasteiger partial charge in [-0.2, -0.15) is 21.6 Å². The molecule has 2 aromatic rings. The van der Waals surface area contributed by atoms with Crippen LogP contribution in [0.4, 0.5) is 13.2 Å². The van der Waals surface area contributed by atoms with Gasteiger partial charge >= 0.3 is 15.6 Å². The Balaban J connectivity index is 2.14. The zero-order chi connectivity index (χ0) is 22.7. The molecule has 0 aliphatic carbocycles. The van der Waals surface area contributed by atoms with Gasteiger partial charge in [0.25, 0.3) is 5.91 Å². The average molecular weight is 449 g/mol. The molecule has 9 nitrogen and oxygen atoms in total. The fourth-order valence-corrected chi connectivity index (χ4v) is 2.70. The predicted octanol–water partition coefficient (Wildman–Crippen LogP) is 2.07. The van der Waals surface area contributed by atoms with Crippen LogP contribution in [0, 0.1) is 5.92 Å². The lowest BCUT2D eigenvalue weighted by Crippen LogP contribution is -2.48. The number of nitrogens with one attached hydrogen (secondary N) is 2. The Morgan fingerprint density at radius 1 is 1.17 bits per heavy atom. The SMILES string of the molecule is CNC(=O)[C@@H](NC(=O)c1ccc(-c2ccc(OS(=O)(=O)C(F)(F)F)cn2)o1)C(C)C. The van der Waals surface area contributed by atoms with Crippen molar-refractivity contribution in [3.05, 3.63) is 36.2 Å². The first-order chi connectivity index (χ1) is 13.9. The molecule has 30 heavy (non-hydrogen) atoms. The van der Waals surface area contributed by atoms with E-state index in [2.05, 4.69) is 19.8 Å². The summed E-state index contributed by atoms with van der Waals surface area (Å²) in [6.45, 7) is 3.50. The summed E-state index contributed by atoms with van der Waals surface area (Å²) in [5.41, 5.74) is -5.46. The summed E-state index contributed by atoms with van der Waals surface area (Å²) < 4.78 is 68.3. The number of rotatable bonds is 7. The van der Waals surface area contributed by atoms with Gasteiger partial charge in [0.05, 0.1) is 6.20 Å². The van der Waals surface area contributed by atoms with E-state index in [0.717, 1.165) is 18.3 Å². The number of carbonyl (C=O) groups is 2. The first-order valence-electron chi connectivity index (χ1n) is 8.45. The summed E-state index contributed by atoms with van der Waals surface area (Å²) in [6, 6.07) is 4.03. The van der Waals surface area contributed by atoms with Gasteiger partial charge in [-0.3, -0.25) is 9.59 Å². The van der Waals surface area contributed by atoms with Gasteiger partial charge in [-0.25, -0.2) is 4.98 Å². The van der Waals surface area contributed by atoms with Crippen molar-refractivity contribution in [2.24, 2.45) is 5.92 Å². The van der Waals surface area contributed by atoms with Crippen LogP contribution in [-0.4, -0.2) is 43.8 Å². The summed E-state index contributed by atoms with van der Waals surface area (Å²) in [4.78, 5) is 28.0. The second-order valence-electron chi connectivity index (χ2n) is 6.34. The zero-order valence-electron chi connectivity index (χ0n) is 16.0. The van der Waals surface area contributed by atoms with Crippen molar-refractivity contribution in [3.63, 3.8) is 0 Å². The van der Waals surface area contributed by atoms with E-state index in [-0.39, 0.29) is 29.0 Å². The number of furan rings is 1. The maximum absolute atomic E-state index is 12.3. The molecule has 0 aromatic carbocycles. The molecule has 0 spiro atoms. The lowest BCUT2D eigenvalue weighted by atomic mass is 10.0. The highest BCUT2D eigenvalue weighted by atomic mass is 32.2. The van der Waals surface area contributed by atoms with E-state index < -0.39 is 33.3 Å². The van der Waals surface area contributed by atoms with Crippen molar-refractivity contribution >= 4 is 21.9 Å². The molecule has 0 radical (unpaired) electrons. The van der Waals surface area contributed by atoms with Crippen LogP contribution in [0.5, 0.6) is 5.75 Å². The molecule has 0 bridgehead atoms. The van der Waals surface area contributed by atoms with Crippen molar-refractivity contribution in [1.82, 2.24) is 15.6 Å². The highest BCUT2D eigenvalue weighted by Gasteiger charge is 2.48. The van der Waals surface area contributed by atoms with Gasteiger partial charge in [0, 0.05) is 7.05 Å². The number of aromatic nitrogens is 1. The smallest absolute Gasteiger partial charge is 0.449 e. The molecule has 0 aliphatic rings. The summed E-state index contributed by atoms with van der Waals surface area (Å²) >= 11 is 0. The van der Waals surface area contributed by atoms with Crippen LogP contribution < -0.4 is 14.8 Å². The van der Waals surface area contributed by atoms with Crippen molar-refractivity contribution in [2.75, 3.05) is 7.05 Å². The number of halogens is 3. The third-order valence-corrected chi connectivity index (χ3v) is 4.77. The second kappa shape index (κ2) is 8.73. The third-order valence-electron chi connectivity index (χ3n) is 3.79. The van der Waals surface area contributed by atoms with E-state index in [4.69, 9.17) is 4.42 Å². The van der Waals surface area contributed by atoms with Crippen LogP contribution in [0.1, 0.15) is 24.4 Å². The highest BCUT2D eigenvalue weighted by molar-refractivity contribution is 7.88. The Bertz CT molecular complexity index is 1020. The number of nitrogens with zero attached hydrogens (tertiary/aromatic N) is 1.